The Morgan fingerprint density at radius 2 is 0.542 bits per heavy atom. The Morgan fingerprint density at radius 3 is 0.792 bits per heavy atom. The van der Waals surface area contributed by atoms with Gasteiger partial charge in [-0.25, -0.2) is 24.0 Å². The van der Waals surface area contributed by atoms with Crippen molar-refractivity contribution in [3.63, 3.8) is 0 Å². The number of aromatic hydroxyl groups is 3. The van der Waals surface area contributed by atoms with Gasteiger partial charge in [0.1, 0.15) is 17.2 Å². The highest BCUT2D eigenvalue weighted by Crippen LogP contribution is 2.23. The summed E-state index contributed by atoms with van der Waals surface area (Å²) in [6, 6.07) is 29.5. The largest absolute Gasteiger partial charge is 0.508 e. The molecule has 0 spiro atoms. The molecule has 5 rings (SSSR count). The van der Waals surface area contributed by atoms with Gasteiger partial charge in [0.15, 0.2) is 0 Å². The molecule has 13 heteroatoms. The Balaban J connectivity index is 0.000000224. The maximum Gasteiger partial charge on any atom is 0.335 e. The first-order chi connectivity index (χ1) is 22.7. The predicted octanol–water partition coefficient (Wildman–Crippen LogP) is 6.02. The molecule has 48 heavy (non-hydrogen) atoms. The Hall–Kier alpha value is -7.15. The second kappa shape index (κ2) is 18.0. The predicted molar refractivity (Wildman–Crippen MR) is 171 cm³/mol. The monoisotopic (exact) mass is 656 g/mol. The van der Waals surface area contributed by atoms with Crippen molar-refractivity contribution in [2.45, 2.75) is 0 Å². The van der Waals surface area contributed by atoms with Gasteiger partial charge in [-0.3, -0.25) is 0 Å². The van der Waals surface area contributed by atoms with E-state index in [4.69, 9.17) is 40.9 Å². The lowest BCUT2D eigenvalue weighted by atomic mass is 10.1. The number of phenols is 3. The third-order valence-corrected chi connectivity index (χ3v) is 5.92. The van der Waals surface area contributed by atoms with Crippen LogP contribution < -0.4 is 0 Å². The molecule has 0 bridgehead atoms. The highest BCUT2D eigenvalue weighted by Gasteiger charge is 2.07. The summed E-state index contributed by atoms with van der Waals surface area (Å²) in [5, 5.41) is 69.3. The molecule has 0 radical (unpaired) electrons. The number of hydrogen-bond acceptors (Lipinski definition) is 8. The minimum absolute atomic E-state index is 0.0186. The van der Waals surface area contributed by atoms with Gasteiger partial charge < -0.3 is 40.9 Å². The third kappa shape index (κ3) is 12.5. The van der Waals surface area contributed by atoms with Crippen molar-refractivity contribution >= 4 is 29.8 Å². The Labute approximate surface area is 272 Å². The van der Waals surface area contributed by atoms with Crippen LogP contribution in [0.15, 0.2) is 121 Å². The number of carboxylic acid groups (broad SMARTS) is 5. The Morgan fingerprint density at radius 1 is 0.312 bits per heavy atom. The van der Waals surface area contributed by atoms with Gasteiger partial charge >= 0.3 is 29.8 Å². The van der Waals surface area contributed by atoms with Crippen LogP contribution in [0.2, 0.25) is 0 Å². The third-order valence-electron chi connectivity index (χ3n) is 5.92. The molecule has 0 aliphatic rings. The highest BCUT2D eigenvalue weighted by atomic mass is 16.4. The van der Waals surface area contributed by atoms with E-state index in [9.17, 15) is 24.0 Å². The van der Waals surface area contributed by atoms with Crippen LogP contribution in [0.3, 0.4) is 0 Å². The molecular formula is C35H28O13. The van der Waals surface area contributed by atoms with E-state index in [2.05, 4.69) is 0 Å². The van der Waals surface area contributed by atoms with E-state index >= 15 is 0 Å². The second-order valence-electron chi connectivity index (χ2n) is 9.32. The van der Waals surface area contributed by atoms with E-state index in [1.165, 1.54) is 66.7 Å². The molecule has 5 aromatic rings. The molecule has 0 atom stereocenters. The first-order valence-electron chi connectivity index (χ1n) is 13.4. The van der Waals surface area contributed by atoms with E-state index in [-0.39, 0.29) is 45.1 Å². The van der Waals surface area contributed by atoms with Crippen molar-refractivity contribution in [3.05, 3.63) is 149 Å². The summed E-state index contributed by atoms with van der Waals surface area (Å²) < 4.78 is 0. The molecular weight excluding hydrogens is 628 g/mol. The number of aromatic carboxylic acids is 5. The maximum atomic E-state index is 10.4. The Kier molecular flexibility index (Phi) is 13.9. The zero-order chi connectivity index (χ0) is 35.8. The standard InChI is InChI=1S/C12H10O2.2C8H6O4.C7H6O3/c13-11-5-1-9(2-6-11)10-3-7-12(14)8-4-10;9-7(10)5-1-2-6(4-3-5)8(11)12;9-7(10)5-2-1-3-6(4-5)8(11)12;8-6-3-1-5(2-4-6)7(9)10/h1-8,13-14H;2*1-4H,(H,9,10)(H,11,12);1-4,8H,(H,9,10). The average molecular weight is 657 g/mol. The van der Waals surface area contributed by atoms with Crippen LogP contribution in [0, 0.1) is 0 Å². The van der Waals surface area contributed by atoms with Gasteiger partial charge in [-0.05, 0) is 102 Å². The number of carboxylic acids is 5. The van der Waals surface area contributed by atoms with Crippen molar-refractivity contribution in [3.8, 4) is 28.4 Å². The summed E-state index contributed by atoms with van der Waals surface area (Å²) >= 11 is 0. The van der Waals surface area contributed by atoms with Crippen LogP contribution in [-0.4, -0.2) is 70.7 Å². The van der Waals surface area contributed by atoms with Crippen molar-refractivity contribution < 1.29 is 64.8 Å². The molecule has 0 aromatic heterocycles. The minimum atomic E-state index is -1.13. The summed E-state index contributed by atoms with van der Waals surface area (Å²) in [5.41, 5.74) is 2.34. The first-order valence-corrected chi connectivity index (χ1v) is 13.4. The van der Waals surface area contributed by atoms with Crippen molar-refractivity contribution in [2.75, 3.05) is 0 Å². The maximum absolute atomic E-state index is 10.4. The molecule has 0 saturated heterocycles. The quantitative estimate of drug-likeness (QED) is 0.104. The molecule has 0 saturated carbocycles. The molecule has 246 valence electrons. The van der Waals surface area contributed by atoms with E-state index in [0.29, 0.717) is 0 Å². The number of benzene rings is 5. The number of carbonyl (C=O) groups is 5. The molecule has 0 aliphatic heterocycles. The SMILES string of the molecule is O=C(O)c1ccc(C(=O)O)cc1.O=C(O)c1ccc(O)cc1.O=C(O)c1cccc(C(=O)O)c1.Oc1ccc(-c2ccc(O)cc2)cc1. The van der Waals surface area contributed by atoms with Crippen LogP contribution in [0.5, 0.6) is 17.2 Å². The topological polar surface area (TPSA) is 247 Å². The fourth-order valence-corrected chi connectivity index (χ4v) is 3.45. The summed E-state index contributed by atoms with van der Waals surface area (Å²) in [4.78, 5) is 51.7. The highest BCUT2D eigenvalue weighted by molar-refractivity contribution is 5.93. The molecule has 0 amide bonds. The van der Waals surface area contributed by atoms with Crippen molar-refractivity contribution in [1.29, 1.82) is 0 Å². The average Bonchev–Trinajstić information content (AvgIpc) is 3.06. The number of rotatable bonds is 6. The van der Waals surface area contributed by atoms with Gasteiger partial charge in [-0.15, -0.1) is 0 Å². The smallest absolute Gasteiger partial charge is 0.335 e. The lowest BCUT2D eigenvalue weighted by Crippen LogP contribution is -2.01. The van der Waals surface area contributed by atoms with Crippen LogP contribution >= 0.6 is 0 Å². The zero-order valence-electron chi connectivity index (χ0n) is 24.7. The van der Waals surface area contributed by atoms with E-state index in [1.807, 2.05) is 24.3 Å². The first kappa shape index (κ1) is 37.0. The lowest BCUT2D eigenvalue weighted by Gasteiger charge is -2.01. The fourth-order valence-electron chi connectivity index (χ4n) is 3.45. The summed E-state index contributed by atoms with van der Waals surface area (Å²) in [5.74, 6) is -4.78. The van der Waals surface area contributed by atoms with Crippen molar-refractivity contribution in [1.82, 2.24) is 0 Å². The van der Waals surface area contributed by atoms with E-state index in [0.717, 1.165) is 17.2 Å². The zero-order valence-corrected chi connectivity index (χ0v) is 24.7. The van der Waals surface area contributed by atoms with E-state index in [1.54, 1.807) is 24.3 Å². The molecule has 13 nitrogen and oxygen atoms in total. The van der Waals surface area contributed by atoms with Crippen LogP contribution in [0.4, 0.5) is 0 Å². The van der Waals surface area contributed by atoms with Crippen LogP contribution in [0.25, 0.3) is 11.1 Å². The van der Waals surface area contributed by atoms with Gasteiger partial charge in [0, 0.05) is 0 Å². The lowest BCUT2D eigenvalue weighted by molar-refractivity contribution is 0.0680. The second-order valence-corrected chi connectivity index (χ2v) is 9.32. The number of hydrogen-bond donors (Lipinski definition) is 8. The normalized spacial score (nSPS) is 9.50. The summed E-state index contributed by atoms with van der Waals surface area (Å²) in [7, 11) is 0. The van der Waals surface area contributed by atoms with Gasteiger partial charge in [-0.2, -0.15) is 0 Å². The molecule has 0 fully saturated rings. The molecule has 8 N–H and O–H groups in total. The minimum Gasteiger partial charge on any atom is -0.508 e. The molecule has 0 aliphatic carbocycles. The molecule has 5 aromatic carbocycles. The molecule has 0 unspecified atom stereocenters. The van der Waals surface area contributed by atoms with Gasteiger partial charge in [0.2, 0.25) is 0 Å². The summed E-state index contributed by atoms with van der Waals surface area (Å²) in [6.07, 6.45) is 0. The van der Waals surface area contributed by atoms with Crippen molar-refractivity contribution in [2.24, 2.45) is 0 Å². The fraction of sp³-hybridized carbons (Fsp3) is 0. The van der Waals surface area contributed by atoms with Gasteiger partial charge in [-0.1, -0.05) is 30.3 Å². The van der Waals surface area contributed by atoms with Gasteiger partial charge in [0.05, 0.1) is 27.8 Å². The van der Waals surface area contributed by atoms with Crippen LogP contribution in [-0.2, 0) is 0 Å². The Bertz CT molecular complexity index is 1740. The van der Waals surface area contributed by atoms with Crippen LogP contribution in [0.1, 0.15) is 51.8 Å². The van der Waals surface area contributed by atoms with Gasteiger partial charge in [0.25, 0.3) is 0 Å². The number of phenolic OH excluding ortho intramolecular Hbond substituents is 3. The molecule has 0 heterocycles. The summed E-state index contributed by atoms with van der Waals surface area (Å²) in [6.45, 7) is 0. The van der Waals surface area contributed by atoms with E-state index < -0.39 is 29.8 Å².